The van der Waals surface area contributed by atoms with E-state index in [4.69, 9.17) is 11.6 Å². The lowest BCUT2D eigenvalue weighted by atomic mass is 10.1. The molecule has 2 unspecified atom stereocenters. The molecule has 2 rings (SSSR count). The maximum Gasteiger partial charge on any atom is 0.127 e. The van der Waals surface area contributed by atoms with Crippen molar-refractivity contribution in [1.29, 1.82) is 0 Å². The van der Waals surface area contributed by atoms with E-state index in [-0.39, 0.29) is 5.82 Å². The third kappa shape index (κ3) is 3.17. The average molecular weight is 260 g/mol. The highest BCUT2D eigenvalue weighted by Crippen LogP contribution is 2.27. The summed E-state index contributed by atoms with van der Waals surface area (Å²) in [6.07, 6.45) is 3.34. The normalized spacial score (nSPS) is 24.2. The number of alkyl halides is 1. The van der Waals surface area contributed by atoms with Crippen LogP contribution in [0.15, 0.2) is 18.2 Å². The SMILES string of the molecule is Fc1ccc(F)c(CNC2CCCC2CCl)c1. The van der Waals surface area contributed by atoms with Gasteiger partial charge in [-0.1, -0.05) is 6.42 Å². The number of rotatable bonds is 4. The maximum atomic E-state index is 13.4. The molecule has 0 spiro atoms. The van der Waals surface area contributed by atoms with Gasteiger partial charge in [0.15, 0.2) is 0 Å². The van der Waals surface area contributed by atoms with E-state index in [0.29, 0.717) is 29.9 Å². The Balaban J connectivity index is 1.95. The first-order valence-corrected chi connectivity index (χ1v) is 6.47. The molecular formula is C13H16ClF2N. The topological polar surface area (TPSA) is 12.0 Å². The van der Waals surface area contributed by atoms with Crippen LogP contribution >= 0.6 is 11.6 Å². The molecule has 94 valence electrons. The van der Waals surface area contributed by atoms with Crippen molar-refractivity contribution in [3.05, 3.63) is 35.4 Å². The smallest absolute Gasteiger partial charge is 0.127 e. The van der Waals surface area contributed by atoms with Crippen molar-refractivity contribution >= 4 is 11.6 Å². The highest BCUT2D eigenvalue weighted by Gasteiger charge is 2.25. The first kappa shape index (κ1) is 12.8. The van der Waals surface area contributed by atoms with Gasteiger partial charge in [-0.2, -0.15) is 0 Å². The molecule has 17 heavy (non-hydrogen) atoms. The molecule has 2 atom stereocenters. The molecular weight excluding hydrogens is 244 g/mol. The first-order chi connectivity index (χ1) is 8.20. The Morgan fingerprint density at radius 2 is 2.12 bits per heavy atom. The molecule has 0 aliphatic heterocycles. The maximum absolute atomic E-state index is 13.4. The summed E-state index contributed by atoms with van der Waals surface area (Å²) in [7, 11) is 0. The predicted octanol–water partition coefficient (Wildman–Crippen LogP) is 3.46. The van der Waals surface area contributed by atoms with E-state index < -0.39 is 5.82 Å². The summed E-state index contributed by atoms with van der Waals surface area (Å²) in [6.45, 7) is 0.363. The van der Waals surface area contributed by atoms with Gasteiger partial charge < -0.3 is 5.32 Å². The summed E-state index contributed by atoms with van der Waals surface area (Å²) in [5.41, 5.74) is 0.380. The Morgan fingerprint density at radius 1 is 1.29 bits per heavy atom. The average Bonchev–Trinajstić information content (AvgIpc) is 2.77. The molecule has 1 aliphatic carbocycles. The zero-order chi connectivity index (χ0) is 12.3. The largest absolute Gasteiger partial charge is 0.309 e. The zero-order valence-corrected chi connectivity index (χ0v) is 10.3. The number of nitrogens with one attached hydrogen (secondary N) is 1. The minimum absolute atomic E-state index is 0.329. The molecule has 1 aromatic rings. The number of hydrogen-bond acceptors (Lipinski definition) is 1. The van der Waals surface area contributed by atoms with Gasteiger partial charge >= 0.3 is 0 Å². The minimum atomic E-state index is -0.400. The lowest BCUT2D eigenvalue weighted by Crippen LogP contribution is -2.32. The Kier molecular flexibility index (Phi) is 4.35. The monoisotopic (exact) mass is 259 g/mol. The molecule has 4 heteroatoms. The van der Waals surface area contributed by atoms with Gasteiger partial charge in [0.05, 0.1) is 0 Å². The van der Waals surface area contributed by atoms with Gasteiger partial charge in [0, 0.05) is 24.0 Å². The first-order valence-electron chi connectivity index (χ1n) is 5.94. The van der Waals surface area contributed by atoms with E-state index in [2.05, 4.69) is 5.32 Å². The molecule has 1 N–H and O–H groups in total. The van der Waals surface area contributed by atoms with Crippen LogP contribution < -0.4 is 5.32 Å². The van der Waals surface area contributed by atoms with Crippen LogP contribution in [0.25, 0.3) is 0 Å². The third-order valence-electron chi connectivity index (χ3n) is 3.42. The van der Waals surface area contributed by atoms with Crippen LogP contribution in [0.4, 0.5) is 8.78 Å². The summed E-state index contributed by atoms with van der Waals surface area (Å²) in [6, 6.07) is 3.87. The van der Waals surface area contributed by atoms with Crippen molar-refractivity contribution in [2.24, 2.45) is 5.92 Å². The molecule has 1 aromatic carbocycles. The van der Waals surface area contributed by atoms with Crippen LogP contribution in [-0.2, 0) is 6.54 Å². The van der Waals surface area contributed by atoms with Gasteiger partial charge in [-0.15, -0.1) is 11.6 Å². The van der Waals surface area contributed by atoms with E-state index >= 15 is 0 Å². The molecule has 1 fully saturated rings. The quantitative estimate of drug-likeness (QED) is 0.817. The molecule has 0 saturated heterocycles. The molecule has 1 aliphatic rings. The minimum Gasteiger partial charge on any atom is -0.309 e. The van der Waals surface area contributed by atoms with E-state index in [0.717, 1.165) is 25.3 Å². The second kappa shape index (κ2) is 5.78. The molecule has 0 radical (unpaired) electrons. The highest BCUT2D eigenvalue weighted by molar-refractivity contribution is 6.18. The Bertz CT molecular complexity index is 384. The van der Waals surface area contributed by atoms with Crippen LogP contribution in [0.5, 0.6) is 0 Å². The second-order valence-corrected chi connectivity index (χ2v) is 4.88. The van der Waals surface area contributed by atoms with Gasteiger partial charge in [0.1, 0.15) is 11.6 Å². The van der Waals surface area contributed by atoms with Crippen molar-refractivity contribution in [1.82, 2.24) is 5.32 Å². The summed E-state index contributed by atoms with van der Waals surface area (Å²) < 4.78 is 26.4. The molecule has 0 amide bonds. The van der Waals surface area contributed by atoms with E-state index in [1.54, 1.807) is 0 Å². The predicted molar refractivity (Wildman–Crippen MR) is 65.0 cm³/mol. The number of halogens is 3. The Hall–Kier alpha value is -0.670. The molecule has 1 saturated carbocycles. The van der Waals surface area contributed by atoms with Crippen molar-refractivity contribution in [3.63, 3.8) is 0 Å². The van der Waals surface area contributed by atoms with Crippen LogP contribution in [0, 0.1) is 17.6 Å². The zero-order valence-electron chi connectivity index (χ0n) is 9.56. The van der Waals surface area contributed by atoms with Crippen LogP contribution in [0.3, 0.4) is 0 Å². The van der Waals surface area contributed by atoms with Crippen molar-refractivity contribution in [3.8, 4) is 0 Å². The Morgan fingerprint density at radius 3 is 2.88 bits per heavy atom. The number of benzene rings is 1. The van der Waals surface area contributed by atoms with Crippen molar-refractivity contribution in [2.45, 2.75) is 31.8 Å². The van der Waals surface area contributed by atoms with Crippen molar-refractivity contribution < 1.29 is 8.78 Å². The van der Waals surface area contributed by atoms with E-state index in [9.17, 15) is 8.78 Å². The van der Waals surface area contributed by atoms with Gasteiger partial charge in [-0.25, -0.2) is 8.78 Å². The lowest BCUT2D eigenvalue weighted by Gasteiger charge is -2.19. The molecule has 0 bridgehead atoms. The third-order valence-corrected chi connectivity index (χ3v) is 3.82. The fraction of sp³-hybridized carbons (Fsp3) is 0.538. The summed E-state index contributed by atoms with van der Waals surface area (Å²) in [4.78, 5) is 0. The summed E-state index contributed by atoms with van der Waals surface area (Å²) in [5, 5.41) is 3.28. The van der Waals surface area contributed by atoms with Gasteiger partial charge in [0.25, 0.3) is 0 Å². The lowest BCUT2D eigenvalue weighted by molar-refractivity contribution is 0.424. The summed E-state index contributed by atoms with van der Waals surface area (Å²) in [5.74, 6) is 0.319. The van der Waals surface area contributed by atoms with Crippen molar-refractivity contribution in [2.75, 3.05) is 5.88 Å². The van der Waals surface area contributed by atoms with Gasteiger partial charge in [0.2, 0.25) is 0 Å². The summed E-state index contributed by atoms with van der Waals surface area (Å²) >= 11 is 5.87. The molecule has 0 aromatic heterocycles. The van der Waals surface area contributed by atoms with E-state index in [1.807, 2.05) is 0 Å². The number of hydrogen-bond donors (Lipinski definition) is 1. The fourth-order valence-electron chi connectivity index (χ4n) is 2.41. The fourth-order valence-corrected chi connectivity index (χ4v) is 2.78. The van der Waals surface area contributed by atoms with Gasteiger partial charge in [-0.05, 0) is 37.0 Å². The van der Waals surface area contributed by atoms with Crippen LogP contribution in [0.2, 0.25) is 0 Å². The van der Waals surface area contributed by atoms with Gasteiger partial charge in [-0.3, -0.25) is 0 Å². The van der Waals surface area contributed by atoms with Crippen LogP contribution in [-0.4, -0.2) is 11.9 Å². The van der Waals surface area contributed by atoms with Crippen LogP contribution in [0.1, 0.15) is 24.8 Å². The second-order valence-electron chi connectivity index (χ2n) is 4.57. The molecule has 1 nitrogen and oxygen atoms in total. The highest BCUT2D eigenvalue weighted by atomic mass is 35.5. The molecule has 0 heterocycles. The van der Waals surface area contributed by atoms with E-state index in [1.165, 1.54) is 12.1 Å². The standard InChI is InChI=1S/C13H16ClF2N/c14-7-9-2-1-3-13(9)17-8-10-6-11(15)4-5-12(10)16/h4-6,9,13,17H,1-3,7-8H2. The Labute approximate surface area is 105 Å².